The van der Waals surface area contributed by atoms with E-state index < -0.39 is 11.9 Å². The minimum absolute atomic E-state index is 0.0203. The van der Waals surface area contributed by atoms with Gasteiger partial charge in [0.05, 0.1) is 12.7 Å². The van der Waals surface area contributed by atoms with Crippen LogP contribution in [0.5, 0.6) is 5.75 Å². The summed E-state index contributed by atoms with van der Waals surface area (Å²) >= 11 is 5.90. The van der Waals surface area contributed by atoms with E-state index in [0.29, 0.717) is 21.5 Å². The first kappa shape index (κ1) is 21.9. The molecule has 33 heavy (non-hydrogen) atoms. The molecule has 1 amide bonds. The maximum Gasteiger partial charge on any atom is 0.362 e. The van der Waals surface area contributed by atoms with Crippen LogP contribution >= 0.6 is 11.6 Å². The highest BCUT2D eigenvalue weighted by Crippen LogP contribution is 2.38. The number of anilines is 1. The van der Waals surface area contributed by atoms with Crippen LogP contribution in [0, 0.1) is 0 Å². The van der Waals surface area contributed by atoms with Gasteiger partial charge in [0.15, 0.2) is 5.75 Å². The number of ether oxygens (including phenoxy) is 1. The summed E-state index contributed by atoms with van der Waals surface area (Å²) in [6.07, 6.45) is 0. The Balaban J connectivity index is 1.78. The van der Waals surface area contributed by atoms with Gasteiger partial charge in [0.25, 0.3) is 5.91 Å². The number of halogens is 1. The van der Waals surface area contributed by atoms with Crippen LogP contribution in [0.3, 0.4) is 0 Å². The van der Waals surface area contributed by atoms with Gasteiger partial charge < -0.3 is 15.2 Å². The third-order valence-electron chi connectivity index (χ3n) is 4.76. The van der Waals surface area contributed by atoms with Gasteiger partial charge in [-0.2, -0.15) is 0 Å². The van der Waals surface area contributed by atoms with Crippen molar-refractivity contribution in [2.24, 2.45) is 17.3 Å². The number of nitrogens with one attached hydrogen (secondary N) is 1. The minimum Gasteiger partial charge on any atom is -0.505 e. The second-order valence-electron chi connectivity index (χ2n) is 6.88. The molecule has 10 nitrogen and oxygen atoms in total. The summed E-state index contributed by atoms with van der Waals surface area (Å²) < 4.78 is 5.91. The normalized spacial score (nSPS) is 11.1. The number of phenolic OH excluding ortho intramolecular Hbond substituents is 1. The second kappa shape index (κ2) is 9.05. The predicted octanol–water partition coefficient (Wildman–Crippen LogP) is 4.78. The maximum atomic E-state index is 13.1. The van der Waals surface area contributed by atoms with E-state index in [1.165, 1.54) is 18.8 Å². The SMILES string of the molecule is COC(=O)c1nnn(C)c1N=Nc1cc2ccccc2c(C(=O)Nc2ccc(Cl)cc2)c1O. The zero-order valence-electron chi connectivity index (χ0n) is 17.5. The Hall–Kier alpha value is -4.31. The lowest BCUT2D eigenvalue weighted by Gasteiger charge is -2.12. The van der Waals surface area contributed by atoms with E-state index >= 15 is 0 Å². The Labute approximate surface area is 192 Å². The Bertz CT molecular complexity index is 1400. The largest absolute Gasteiger partial charge is 0.505 e. The molecule has 166 valence electrons. The summed E-state index contributed by atoms with van der Waals surface area (Å²) in [5, 5.41) is 30.9. The number of aromatic hydroxyl groups is 1. The van der Waals surface area contributed by atoms with Gasteiger partial charge in [-0.15, -0.1) is 15.3 Å². The van der Waals surface area contributed by atoms with E-state index in [0.717, 1.165) is 0 Å². The second-order valence-corrected chi connectivity index (χ2v) is 7.31. The molecule has 1 heterocycles. The number of methoxy groups -OCH3 is 1. The number of amides is 1. The van der Waals surface area contributed by atoms with Gasteiger partial charge in [0.2, 0.25) is 11.5 Å². The smallest absolute Gasteiger partial charge is 0.362 e. The minimum atomic E-state index is -0.734. The number of carbonyl (C=O) groups is 2. The molecule has 0 radical (unpaired) electrons. The lowest BCUT2D eigenvalue weighted by Crippen LogP contribution is -2.12. The number of hydrogen-bond acceptors (Lipinski definition) is 8. The number of rotatable bonds is 5. The van der Waals surface area contributed by atoms with Crippen molar-refractivity contribution in [3.05, 3.63) is 70.9 Å². The molecular weight excluding hydrogens is 448 g/mol. The number of aromatic nitrogens is 3. The molecular formula is C22H17ClN6O4. The summed E-state index contributed by atoms with van der Waals surface area (Å²) in [7, 11) is 2.73. The number of aryl methyl sites for hydroxylation is 1. The summed E-state index contributed by atoms with van der Waals surface area (Å²) in [5.74, 6) is -1.62. The molecule has 11 heteroatoms. The number of esters is 1. The van der Waals surface area contributed by atoms with Crippen molar-refractivity contribution in [1.82, 2.24) is 15.0 Å². The lowest BCUT2D eigenvalue weighted by atomic mass is 10.0. The quantitative estimate of drug-likeness (QED) is 0.322. The molecule has 0 fully saturated rings. The average molecular weight is 465 g/mol. The number of phenols is 1. The van der Waals surface area contributed by atoms with Gasteiger partial charge in [-0.3, -0.25) is 4.79 Å². The average Bonchev–Trinajstić information content (AvgIpc) is 3.18. The number of benzene rings is 3. The predicted molar refractivity (Wildman–Crippen MR) is 122 cm³/mol. The Morgan fingerprint density at radius 3 is 2.58 bits per heavy atom. The molecule has 0 saturated carbocycles. The monoisotopic (exact) mass is 464 g/mol. The summed E-state index contributed by atoms with van der Waals surface area (Å²) in [5.41, 5.74) is 0.411. The number of hydrogen-bond donors (Lipinski definition) is 2. The van der Waals surface area contributed by atoms with E-state index in [1.807, 2.05) is 0 Å². The molecule has 4 aromatic rings. The van der Waals surface area contributed by atoms with Crippen molar-refractivity contribution in [2.75, 3.05) is 12.4 Å². The van der Waals surface area contributed by atoms with Crippen LogP contribution < -0.4 is 5.32 Å². The number of azo groups is 1. The van der Waals surface area contributed by atoms with Gasteiger partial charge in [0, 0.05) is 17.8 Å². The van der Waals surface area contributed by atoms with Crippen molar-refractivity contribution in [2.45, 2.75) is 0 Å². The zero-order valence-corrected chi connectivity index (χ0v) is 18.2. The third kappa shape index (κ3) is 4.37. The van der Waals surface area contributed by atoms with E-state index in [4.69, 9.17) is 11.6 Å². The molecule has 2 N–H and O–H groups in total. The van der Waals surface area contributed by atoms with Crippen molar-refractivity contribution in [3.63, 3.8) is 0 Å². The topological polar surface area (TPSA) is 131 Å². The number of fused-ring (bicyclic) bond motifs is 1. The molecule has 0 aliphatic rings. The third-order valence-corrected chi connectivity index (χ3v) is 5.01. The molecule has 0 spiro atoms. The van der Waals surface area contributed by atoms with E-state index in [1.54, 1.807) is 54.6 Å². The first-order valence-electron chi connectivity index (χ1n) is 9.60. The first-order valence-corrected chi connectivity index (χ1v) is 9.98. The van der Waals surface area contributed by atoms with Crippen LogP contribution in [0.15, 0.2) is 64.8 Å². The van der Waals surface area contributed by atoms with E-state index in [-0.39, 0.29) is 28.5 Å². The van der Waals surface area contributed by atoms with Crippen molar-refractivity contribution in [3.8, 4) is 5.75 Å². The van der Waals surface area contributed by atoms with Crippen LogP contribution in [0.4, 0.5) is 17.2 Å². The molecule has 0 aliphatic heterocycles. The van der Waals surface area contributed by atoms with Crippen molar-refractivity contribution < 1.29 is 19.4 Å². The van der Waals surface area contributed by atoms with Crippen LogP contribution in [-0.4, -0.2) is 39.1 Å². The Kier molecular flexibility index (Phi) is 6.01. The molecule has 0 aliphatic carbocycles. The highest BCUT2D eigenvalue weighted by atomic mass is 35.5. The molecule has 1 aromatic heterocycles. The lowest BCUT2D eigenvalue weighted by molar-refractivity contribution is 0.0594. The van der Waals surface area contributed by atoms with Crippen LogP contribution in [0.1, 0.15) is 20.8 Å². The summed E-state index contributed by atoms with van der Waals surface area (Å²) in [6.45, 7) is 0. The molecule has 4 rings (SSSR count). The highest BCUT2D eigenvalue weighted by Gasteiger charge is 2.21. The fourth-order valence-corrected chi connectivity index (χ4v) is 3.27. The standard InChI is InChI=1S/C22H17ClN6O4/c1-29-20(18(26-28-29)22(32)33-2)27-25-16-11-12-5-3-4-6-15(12)17(19(16)30)21(31)24-14-9-7-13(23)8-10-14/h3-11,30H,1-2H3,(H,24,31). The van der Waals surface area contributed by atoms with E-state index in [2.05, 4.69) is 30.6 Å². The van der Waals surface area contributed by atoms with Gasteiger partial charge >= 0.3 is 5.97 Å². The fourth-order valence-electron chi connectivity index (χ4n) is 3.15. The molecule has 0 bridgehead atoms. The van der Waals surface area contributed by atoms with E-state index in [9.17, 15) is 14.7 Å². The van der Waals surface area contributed by atoms with Gasteiger partial charge in [-0.1, -0.05) is 41.1 Å². The van der Waals surface area contributed by atoms with Crippen molar-refractivity contribution in [1.29, 1.82) is 0 Å². The summed E-state index contributed by atoms with van der Waals surface area (Å²) in [4.78, 5) is 25.0. The molecule has 0 atom stereocenters. The van der Waals surface area contributed by atoms with Gasteiger partial charge in [0.1, 0.15) is 5.69 Å². The number of nitrogens with zero attached hydrogens (tertiary/aromatic N) is 5. The van der Waals surface area contributed by atoms with Gasteiger partial charge in [-0.05, 0) is 41.1 Å². The zero-order chi connectivity index (χ0) is 23.5. The van der Waals surface area contributed by atoms with Crippen molar-refractivity contribution >= 4 is 51.4 Å². The molecule has 0 unspecified atom stereocenters. The van der Waals surface area contributed by atoms with Gasteiger partial charge in [-0.25, -0.2) is 9.48 Å². The highest BCUT2D eigenvalue weighted by molar-refractivity contribution is 6.30. The fraction of sp³-hybridized carbons (Fsp3) is 0.0909. The molecule has 0 saturated heterocycles. The maximum absolute atomic E-state index is 13.1. The number of carbonyl (C=O) groups excluding carboxylic acids is 2. The molecule has 3 aromatic carbocycles. The summed E-state index contributed by atoms with van der Waals surface area (Å²) in [6, 6.07) is 15.2. The van der Waals surface area contributed by atoms with Crippen LogP contribution in [0.25, 0.3) is 10.8 Å². The first-order chi connectivity index (χ1) is 15.9. The Morgan fingerprint density at radius 2 is 1.85 bits per heavy atom. The Morgan fingerprint density at radius 1 is 1.12 bits per heavy atom. The van der Waals surface area contributed by atoms with Crippen LogP contribution in [-0.2, 0) is 11.8 Å². The van der Waals surface area contributed by atoms with Crippen LogP contribution in [0.2, 0.25) is 5.02 Å².